The molecule has 7 rings (SSSR count). The SMILES string of the molecule is C=Cc1c(C(=CC)[Si](C)(C)C)oc2c(N(c3ccc(-c4ccccc4)cc3)c3ccc4c(c3)C(C)(C)c3ccccc3-4)cccc12. The lowest BCUT2D eigenvalue weighted by molar-refractivity contribution is 0.601. The zero-order chi connectivity index (χ0) is 32.2. The van der Waals surface area contributed by atoms with Crippen LogP contribution >= 0.6 is 0 Å². The lowest BCUT2D eigenvalue weighted by Gasteiger charge is -2.28. The van der Waals surface area contributed by atoms with Crippen LogP contribution in [-0.2, 0) is 5.41 Å². The Labute approximate surface area is 274 Å². The Hall–Kier alpha value is -4.86. The van der Waals surface area contributed by atoms with Gasteiger partial charge in [-0.25, -0.2) is 0 Å². The van der Waals surface area contributed by atoms with Crippen molar-refractivity contribution in [2.45, 2.75) is 45.8 Å². The van der Waals surface area contributed by atoms with Crippen LogP contribution in [0.2, 0.25) is 19.6 Å². The fourth-order valence-electron chi connectivity index (χ4n) is 7.30. The fourth-order valence-corrected chi connectivity index (χ4v) is 9.03. The molecule has 0 saturated carbocycles. The Morgan fingerprint density at radius 3 is 2.07 bits per heavy atom. The molecular weight excluding hydrogens is 575 g/mol. The first-order valence-corrected chi connectivity index (χ1v) is 19.7. The molecule has 0 aliphatic heterocycles. The first-order chi connectivity index (χ1) is 22.1. The largest absolute Gasteiger partial charge is 0.454 e. The van der Waals surface area contributed by atoms with E-state index in [1.54, 1.807) is 0 Å². The molecule has 1 aliphatic rings. The summed E-state index contributed by atoms with van der Waals surface area (Å²) in [7, 11) is -1.70. The number of hydrogen-bond donors (Lipinski definition) is 0. The zero-order valence-corrected chi connectivity index (χ0v) is 28.7. The van der Waals surface area contributed by atoms with Crippen LogP contribution < -0.4 is 4.90 Å². The molecular formula is C43H41NOSi. The van der Waals surface area contributed by atoms with Crippen LogP contribution in [0.5, 0.6) is 0 Å². The van der Waals surface area contributed by atoms with E-state index < -0.39 is 8.07 Å². The second kappa shape index (κ2) is 11.2. The lowest BCUT2D eigenvalue weighted by Crippen LogP contribution is -2.22. The first-order valence-electron chi connectivity index (χ1n) is 16.2. The molecule has 0 radical (unpaired) electrons. The van der Waals surface area contributed by atoms with Gasteiger partial charge in [0, 0.05) is 27.7 Å². The minimum atomic E-state index is -1.70. The molecule has 1 heterocycles. The summed E-state index contributed by atoms with van der Waals surface area (Å²) in [6.45, 7) is 18.1. The first kappa shape index (κ1) is 29.8. The maximum atomic E-state index is 6.96. The number of allylic oxidation sites excluding steroid dienone is 1. The normalized spacial score (nSPS) is 13.8. The lowest BCUT2D eigenvalue weighted by atomic mass is 9.82. The van der Waals surface area contributed by atoms with Crippen molar-refractivity contribution in [1.82, 2.24) is 0 Å². The molecule has 5 aromatic carbocycles. The fraction of sp³-hybridized carbons (Fsp3) is 0.163. The highest BCUT2D eigenvalue weighted by atomic mass is 28.3. The summed E-state index contributed by atoms with van der Waals surface area (Å²) in [5.74, 6) is 0.948. The third-order valence-corrected chi connectivity index (χ3v) is 11.7. The van der Waals surface area contributed by atoms with Gasteiger partial charge in [0.2, 0.25) is 0 Å². The molecule has 228 valence electrons. The van der Waals surface area contributed by atoms with Gasteiger partial charge in [-0.2, -0.15) is 0 Å². The summed E-state index contributed by atoms with van der Waals surface area (Å²) in [5, 5.41) is 2.39. The number of para-hydroxylation sites is 1. The standard InChI is InChI=1S/C43H41NOSi/c1-8-33-36-19-15-21-39(41(36)45-42(33)40(9-2)46(5,6)7)44(31-24-22-30(23-25-31)29-16-11-10-12-17-29)32-26-27-35-34-18-13-14-20-37(34)43(3,4)38(35)28-32/h8-28H,1H2,2-7H3. The number of benzene rings is 5. The number of rotatable bonds is 7. The molecule has 0 fully saturated rings. The van der Waals surface area contributed by atoms with E-state index in [-0.39, 0.29) is 5.41 Å². The Balaban J connectivity index is 1.46. The van der Waals surface area contributed by atoms with Crippen molar-refractivity contribution >= 4 is 47.4 Å². The number of hydrogen-bond acceptors (Lipinski definition) is 2. The molecule has 0 bridgehead atoms. The van der Waals surface area contributed by atoms with E-state index in [0.717, 1.165) is 39.4 Å². The Bertz CT molecular complexity index is 2120. The van der Waals surface area contributed by atoms with Gasteiger partial charge in [-0.15, -0.1) is 0 Å². The van der Waals surface area contributed by atoms with E-state index in [0.29, 0.717) is 0 Å². The summed E-state index contributed by atoms with van der Waals surface area (Å²) >= 11 is 0. The van der Waals surface area contributed by atoms with Crippen molar-refractivity contribution in [3.8, 4) is 22.3 Å². The van der Waals surface area contributed by atoms with E-state index >= 15 is 0 Å². The summed E-state index contributed by atoms with van der Waals surface area (Å²) < 4.78 is 6.96. The van der Waals surface area contributed by atoms with E-state index in [1.165, 1.54) is 38.6 Å². The number of nitrogens with zero attached hydrogens (tertiary/aromatic N) is 1. The molecule has 3 heteroatoms. The maximum Gasteiger partial charge on any atom is 0.159 e. The third-order valence-electron chi connectivity index (χ3n) is 9.58. The van der Waals surface area contributed by atoms with Crippen LogP contribution in [0.3, 0.4) is 0 Å². The summed E-state index contributed by atoms with van der Waals surface area (Å²) in [4.78, 5) is 2.36. The van der Waals surface area contributed by atoms with Gasteiger partial charge in [0.25, 0.3) is 0 Å². The quantitative estimate of drug-likeness (QED) is 0.166. The molecule has 46 heavy (non-hydrogen) atoms. The molecule has 0 atom stereocenters. The van der Waals surface area contributed by atoms with Crippen molar-refractivity contribution < 1.29 is 4.42 Å². The minimum absolute atomic E-state index is 0.108. The number of furan rings is 1. The highest BCUT2D eigenvalue weighted by Gasteiger charge is 2.36. The topological polar surface area (TPSA) is 16.4 Å². The van der Waals surface area contributed by atoms with Crippen LogP contribution in [0, 0.1) is 0 Å². The second-order valence-electron chi connectivity index (χ2n) is 13.8. The van der Waals surface area contributed by atoms with E-state index in [1.807, 2.05) is 6.08 Å². The summed E-state index contributed by atoms with van der Waals surface area (Å²) in [5.41, 5.74) is 12.8. The smallest absolute Gasteiger partial charge is 0.159 e. The molecule has 2 nitrogen and oxygen atoms in total. The zero-order valence-electron chi connectivity index (χ0n) is 27.7. The molecule has 0 spiro atoms. The van der Waals surface area contributed by atoms with Crippen LogP contribution in [0.25, 0.3) is 44.5 Å². The van der Waals surface area contributed by atoms with Crippen LogP contribution in [0.15, 0.2) is 132 Å². The summed E-state index contributed by atoms with van der Waals surface area (Å²) in [6, 6.07) is 41.7. The predicted octanol–water partition coefficient (Wildman–Crippen LogP) is 12.8. The monoisotopic (exact) mass is 615 g/mol. The van der Waals surface area contributed by atoms with Crippen LogP contribution in [0.4, 0.5) is 17.1 Å². The van der Waals surface area contributed by atoms with Gasteiger partial charge in [-0.1, -0.05) is 137 Å². The van der Waals surface area contributed by atoms with Crippen molar-refractivity contribution in [2.24, 2.45) is 0 Å². The highest BCUT2D eigenvalue weighted by molar-refractivity contribution is 6.93. The third kappa shape index (κ3) is 4.78. The van der Waals surface area contributed by atoms with Gasteiger partial charge >= 0.3 is 0 Å². The number of anilines is 3. The van der Waals surface area contributed by atoms with Crippen LogP contribution in [0.1, 0.15) is 43.2 Å². The van der Waals surface area contributed by atoms with Gasteiger partial charge in [-0.05, 0) is 75.8 Å². The summed E-state index contributed by atoms with van der Waals surface area (Å²) in [6.07, 6.45) is 4.19. The van der Waals surface area contributed by atoms with E-state index in [9.17, 15) is 0 Å². The van der Waals surface area contributed by atoms with Crippen molar-refractivity contribution in [3.63, 3.8) is 0 Å². The van der Waals surface area contributed by atoms with Crippen molar-refractivity contribution in [1.29, 1.82) is 0 Å². The van der Waals surface area contributed by atoms with Gasteiger partial charge in [0.15, 0.2) is 5.58 Å². The van der Waals surface area contributed by atoms with Crippen LogP contribution in [-0.4, -0.2) is 8.07 Å². The van der Waals surface area contributed by atoms with Gasteiger partial charge in [-0.3, -0.25) is 0 Å². The maximum absolute atomic E-state index is 6.96. The average molecular weight is 616 g/mol. The van der Waals surface area contributed by atoms with Crippen molar-refractivity contribution in [3.05, 3.63) is 150 Å². The van der Waals surface area contributed by atoms with E-state index in [2.05, 4.69) is 173 Å². The Morgan fingerprint density at radius 1 is 0.717 bits per heavy atom. The second-order valence-corrected chi connectivity index (χ2v) is 18.8. The predicted molar refractivity (Wildman–Crippen MR) is 201 cm³/mol. The molecule has 0 N–H and O–H groups in total. The molecule has 1 aliphatic carbocycles. The van der Waals surface area contributed by atoms with E-state index in [4.69, 9.17) is 4.42 Å². The Morgan fingerprint density at radius 2 is 1.37 bits per heavy atom. The highest BCUT2D eigenvalue weighted by Crippen LogP contribution is 2.51. The van der Waals surface area contributed by atoms with Gasteiger partial charge in [0.1, 0.15) is 5.76 Å². The average Bonchev–Trinajstić information content (AvgIpc) is 3.54. The minimum Gasteiger partial charge on any atom is -0.454 e. The molecule has 6 aromatic rings. The molecule has 0 unspecified atom stereocenters. The molecule has 0 amide bonds. The van der Waals surface area contributed by atoms with Gasteiger partial charge in [0.05, 0.1) is 13.8 Å². The van der Waals surface area contributed by atoms with Gasteiger partial charge < -0.3 is 9.32 Å². The molecule has 1 aromatic heterocycles. The Kier molecular flexibility index (Phi) is 7.25. The van der Waals surface area contributed by atoms with Crippen molar-refractivity contribution in [2.75, 3.05) is 4.90 Å². The number of fused-ring (bicyclic) bond motifs is 4. The molecule has 0 saturated heterocycles.